The van der Waals surface area contributed by atoms with Gasteiger partial charge in [-0.3, -0.25) is 9.59 Å². The summed E-state index contributed by atoms with van der Waals surface area (Å²) in [7, 11) is 0. The molecule has 1 aliphatic heterocycles. The minimum Gasteiger partial charge on any atom is -0.325 e. The molecule has 0 atom stereocenters. The number of carbonyl (C=O) groups excluding carboxylic acids is 2. The number of nitrogens with two attached hydrogens (primary N) is 1. The molecule has 0 spiro atoms. The van der Waals surface area contributed by atoms with Gasteiger partial charge in [0.15, 0.2) is 0 Å². The van der Waals surface area contributed by atoms with E-state index in [1.165, 1.54) is 11.8 Å². The molecule has 84 valence electrons. The number of hydrogen-bond donors (Lipinski definition) is 3. The highest BCUT2D eigenvalue weighted by Crippen LogP contribution is 2.33. The number of carbonyl (C=O) groups is 2. The first-order chi connectivity index (χ1) is 7.69. The van der Waals surface area contributed by atoms with Crippen LogP contribution in [0.15, 0.2) is 23.1 Å². The molecule has 6 heteroatoms. The van der Waals surface area contributed by atoms with Gasteiger partial charge in [-0.25, -0.2) is 0 Å². The van der Waals surface area contributed by atoms with Crippen molar-refractivity contribution in [3.8, 4) is 0 Å². The molecule has 16 heavy (non-hydrogen) atoms. The monoisotopic (exact) mass is 237 g/mol. The van der Waals surface area contributed by atoms with E-state index >= 15 is 0 Å². The molecule has 2 amide bonds. The lowest BCUT2D eigenvalue weighted by Gasteiger charge is -2.17. The van der Waals surface area contributed by atoms with E-state index in [4.69, 9.17) is 5.73 Å². The van der Waals surface area contributed by atoms with Crippen molar-refractivity contribution >= 4 is 35.0 Å². The lowest BCUT2D eigenvalue weighted by atomic mass is 10.2. The first-order valence-corrected chi connectivity index (χ1v) is 5.74. The van der Waals surface area contributed by atoms with Crippen LogP contribution in [0.3, 0.4) is 0 Å². The molecule has 0 saturated carbocycles. The second kappa shape index (κ2) is 4.54. The fourth-order valence-corrected chi connectivity index (χ4v) is 2.16. The fraction of sp³-hybridized carbons (Fsp3) is 0.200. The van der Waals surface area contributed by atoms with E-state index in [0.29, 0.717) is 11.4 Å². The van der Waals surface area contributed by atoms with E-state index in [0.717, 1.165) is 10.6 Å². The van der Waals surface area contributed by atoms with Crippen LogP contribution in [0, 0.1) is 0 Å². The van der Waals surface area contributed by atoms with Crippen molar-refractivity contribution in [3.63, 3.8) is 0 Å². The highest BCUT2D eigenvalue weighted by Gasteiger charge is 2.15. The number of benzene rings is 1. The van der Waals surface area contributed by atoms with Gasteiger partial charge in [-0.2, -0.15) is 0 Å². The van der Waals surface area contributed by atoms with Crippen LogP contribution in [-0.2, 0) is 9.59 Å². The van der Waals surface area contributed by atoms with Gasteiger partial charge in [-0.1, -0.05) is 0 Å². The lowest BCUT2D eigenvalue weighted by Crippen LogP contribution is -2.22. The third kappa shape index (κ3) is 2.34. The molecule has 2 rings (SSSR count). The number of thioether (sulfide) groups is 1. The predicted octanol–water partition coefficient (Wildman–Crippen LogP) is 0.628. The molecule has 1 aromatic carbocycles. The van der Waals surface area contributed by atoms with E-state index in [-0.39, 0.29) is 18.4 Å². The topological polar surface area (TPSA) is 84.2 Å². The maximum atomic E-state index is 11.2. The van der Waals surface area contributed by atoms with Gasteiger partial charge in [0.1, 0.15) is 0 Å². The third-order valence-corrected chi connectivity index (χ3v) is 3.16. The minimum absolute atomic E-state index is 0.0280. The van der Waals surface area contributed by atoms with Crippen LogP contribution >= 0.6 is 11.8 Å². The quantitative estimate of drug-likeness (QED) is 0.704. The maximum absolute atomic E-state index is 11.2. The molecule has 5 nitrogen and oxygen atoms in total. The normalized spacial score (nSPS) is 13.9. The second-order valence-electron chi connectivity index (χ2n) is 3.30. The van der Waals surface area contributed by atoms with Crippen LogP contribution in [0.1, 0.15) is 0 Å². The van der Waals surface area contributed by atoms with Crippen molar-refractivity contribution in [1.29, 1.82) is 0 Å². The number of nitrogens with one attached hydrogen (secondary N) is 2. The summed E-state index contributed by atoms with van der Waals surface area (Å²) in [4.78, 5) is 23.3. The molecular weight excluding hydrogens is 226 g/mol. The number of amides is 2. The van der Waals surface area contributed by atoms with Gasteiger partial charge in [0.05, 0.1) is 18.0 Å². The van der Waals surface area contributed by atoms with Crippen LogP contribution in [0.5, 0.6) is 0 Å². The Morgan fingerprint density at radius 1 is 1.56 bits per heavy atom. The molecule has 0 saturated heterocycles. The SMILES string of the molecule is NCC(=O)Nc1ccc2c(c1)NC(=O)CS2. The largest absolute Gasteiger partial charge is 0.325 e. The Kier molecular flexibility index (Phi) is 3.12. The molecule has 0 fully saturated rings. The molecule has 0 radical (unpaired) electrons. The van der Waals surface area contributed by atoms with E-state index in [1.54, 1.807) is 12.1 Å². The Morgan fingerprint density at radius 3 is 3.12 bits per heavy atom. The number of fused-ring (bicyclic) bond motifs is 1. The van der Waals surface area contributed by atoms with E-state index in [2.05, 4.69) is 10.6 Å². The Morgan fingerprint density at radius 2 is 2.38 bits per heavy atom. The zero-order chi connectivity index (χ0) is 11.5. The summed E-state index contributed by atoms with van der Waals surface area (Å²) in [6.07, 6.45) is 0. The van der Waals surface area contributed by atoms with Gasteiger partial charge < -0.3 is 16.4 Å². The van der Waals surface area contributed by atoms with Crippen LogP contribution < -0.4 is 16.4 Å². The van der Waals surface area contributed by atoms with E-state index in [9.17, 15) is 9.59 Å². The molecule has 4 N–H and O–H groups in total. The zero-order valence-corrected chi connectivity index (χ0v) is 9.26. The van der Waals surface area contributed by atoms with E-state index < -0.39 is 0 Å². The van der Waals surface area contributed by atoms with Gasteiger partial charge in [-0.05, 0) is 18.2 Å². The molecule has 1 aliphatic rings. The van der Waals surface area contributed by atoms with Gasteiger partial charge in [0.2, 0.25) is 11.8 Å². The first-order valence-electron chi connectivity index (χ1n) is 4.75. The first kappa shape index (κ1) is 11.0. The van der Waals surface area contributed by atoms with Gasteiger partial charge in [0, 0.05) is 10.6 Å². The van der Waals surface area contributed by atoms with Crippen molar-refractivity contribution in [2.75, 3.05) is 22.9 Å². The molecule has 0 bridgehead atoms. The van der Waals surface area contributed by atoms with Crippen LogP contribution in [0.2, 0.25) is 0 Å². The molecule has 1 aromatic rings. The minimum atomic E-state index is -0.255. The number of rotatable bonds is 2. The van der Waals surface area contributed by atoms with E-state index in [1.807, 2.05) is 6.07 Å². The maximum Gasteiger partial charge on any atom is 0.238 e. The van der Waals surface area contributed by atoms with Crippen molar-refractivity contribution in [3.05, 3.63) is 18.2 Å². The molecule has 0 aromatic heterocycles. The van der Waals surface area contributed by atoms with Gasteiger partial charge >= 0.3 is 0 Å². The summed E-state index contributed by atoms with van der Waals surface area (Å²) in [6, 6.07) is 5.38. The summed E-state index contributed by atoms with van der Waals surface area (Å²) in [5, 5.41) is 5.38. The Balaban J connectivity index is 2.21. The van der Waals surface area contributed by atoms with Crippen LogP contribution in [-0.4, -0.2) is 24.1 Å². The highest BCUT2D eigenvalue weighted by atomic mass is 32.2. The van der Waals surface area contributed by atoms with Gasteiger partial charge in [-0.15, -0.1) is 11.8 Å². The summed E-state index contributed by atoms with van der Waals surface area (Å²) in [5.74, 6) is 0.149. The molecular formula is C10H11N3O2S. The smallest absolute Gasteiger partial charge is 0.238 e. The summed E-state index contributed by atoms with van der Waals surface area (Å²) in [6.45, 7) is -0.0573. The zero-order valence-electron chi connectivity index (χ0n) is 8.45. The molecule has 0 aliphatic carbocycles. The average molecular weight is 237 g/mol. The summed E-state index contributed by atoms with van der Waals surface area (Å²) >= 11 is 1.48. The Hall–Kier alpha value is -1.53. The predicted molar refractivity (Wildman–Crippen MR) is 63.5 cm³/mol. The van der Waals surface area contributed by atoms with Crippen molar-refractivity contribution in [2.45, 2.75) is 4.90 Å². The van der Waals surface area contributed by atoms with Crippen molar-refractivity contribution < 1.29 is 9.59 Å². The van der Waals surface area contributed by atoms with Crippen molar-refractivity contribution in [2.24, 2.45) is 5.73 Å². The second-order valence-corrected chi connectivity index (χ2v) is 4.32. The van der Waals surface area contributed by atoms with Crippen LogP contribution in [0.4, 0.5) is 11.4 Å². The fourth-order valence-electron chi connectivity index (χ4n) is 1.37. The summed E-state index contributed by atoms with van der Waals surface area (Å²) < 4.78 is 0. The van der Waals surface area contributed by atoms with Gasteiger partial charge in [0.25, 0.3) is 0 Å². The average Bonchev–Trinajstić information content (AvgIpc) is 2.28. The number of anilines is 2. The Labute approximate surface area is 96.8 Å². The third-order valence-electron chi connectivity index (χ3n) is 2.08. The lowest BCUT2D eigenvalue weighted by molar-refractivity contribution is -0.115. The van der Waals surface area contributed by atoms with Crippen molar-refractivity contribution in [1.82, 2.24) is 0 Å². The standard InChI is InChI=1S/C10H11N3O2S/c11-4-9(14)12-6-1-2-8-7(3-6)13-10(15)5-16-8/h1-3H,4-5,11H2,(H,12,14)(H,13,15). The van der Waals surface area contributed by atoms with Crippen LogP contribution in [0.25, 0.3) is 0 Å². The highest BCUT2D eigenvalue weighted by molar-refractivity contribution is 8.00. The molecule has 0 unspecified atom stereocenters. The molecule has 1 heterocycles. The number of hydrogen-bond acceptors (Lipinski definition) is 4. The Bertz CT molecular complexity index is 448. The summed E-state index contributed by atoms with van der Waals surface area (Å²) in [5.41, 5.74) is 6.56.